The molecule has 1 atom stereocenters. The monoisotopic (exact) mass is 287 g/mol. The lowest BCUT2D eigenvalue weighted by atomic mass is 10.1. The summed E-state index contributed by atoms with van der Waals surface area (Å²) in [7, 11) is 0. The van der Waals surface area contributed by atoms with Crippen LogP contribution in [0.3, 0.4) is 0 Å². The summed E-state index contributed by atoms with van der Waals surface area (Å²) in [6.07, 6.45) is 0. The lowest BCUT2D eigenvalue weighted by Gasteiger charge is -2.15. The van der Waals surface area contributed by atoms with Crippen LogP contribution in [0.4, 0.5) is 4.39 Å². The minimum Gasteiger partial charge on any atom is -0.479 e. The fourth-order valence-corrected chi connectivity index (χ4v) is 1.96. The molecule has 0 aliphatic rings. The molecule has 2 N–H and O–H groups in total. The van der Waals surface area contributed by atoms with Crippen LogP contribution in [0.25, 0.3) is 0 Å². The molecule has 0 aliphatic heterocycles. The van der Waals surface area contributed by atoms with Crippen molar-refractivity contribution in [1.29, 1.82) is 0 Å². The summed E-state index contributed by atoms with van der Waals surface area (Å²) in [5.41, 5.74) is 0.581. The summed E-state index contributed by atoms with van der Waals surface area (Å²) in [6, 6.07) is 11.4. The number of hydrogen-bond donors (Lipinski definition) is 2. The Balaban J connectivity index is 2.28. The van der Waals surface area contributed by atoms with E-state index < -0.39 is 23.7 Å². The van der Waals surface area contributed by atoms with Gasteiger partial charge in [0, 0.05) is 0 Å². The molecule has 2 aromatic carbocycles. The van der Waals surface area contributed by atoms with Gasteiger partial charge in [0.25, 0.3) is 5.91 Å². The van der Waals surface area contributed by atoms with Crippen molar-refractivity contribution in [1.82, 2.24) is 5.32 Å². The van der Waals surface area contributed by atoms with E-state index in [1.54, 1.807) is 36.4 Å². The highest BCUT2D eigenvalue weighted by Gasteiger charge is 2.24. The number of carbonyl (C=O) groups excluding carboxylic acids is 1. The predicted octanol–water partition coefficient (Wildman–Crippen LogP) is 2.69. The molecule has 5 heteroatoms. The van der Waals surface area contributed by atoms with Crippen molar-refractivity contribution in [2.45, 2.75) is 13.0 Å². The third-order valence-electron chi connectivity index (χ3n) is 3.09. The van der Waals surface area contributed by atoms with Crippen molar-refractivity contribution in [3.05, 3.63) is 71.0 Å². The molecule has 0 saturated heterocycles. The quantitative estimate of drug-likeness (QED) is 0.908. The Labute approximate surface area is 121 Å². The van der Waals surface area contributed by atoms with E-state index in [2.05, 4.69) is 5.32 Å². The molecule has 0 fully saturated rings. The summed E-state index contributed by atoms with van der Waals surface area (Å²) in [6.45, 7) is 1.54. The van der Waals surface area contributed by atoms with Crippen LogP contribution in [0.15, 0.2) is 48.5 Å². The fraction of sp³-hybridized carbons (Fsp3) is 0.125. The van der Waals surface area contributed by atoms with Crippen molar-refractivity contribution in [2.75, 3.05) is 0 Å². The van der Waals surface area contributed by atoms with Gasteiger partial charge in [-0.25, -0.2) is 9.18 Å². The summed E-state index contributed by atoms with van der Waals surface area (Å²) in [4.78, 5) is 23.4. The van der Waals surface area contributed by atoms with Gasteiger partial charge in [0.15, 0.2) is 6.04 Å². The lowest BCUT2D eigenvalue weighted by Crippen LogP contribution is -2.34. The van der Waals surface area contributed by atoms with Crippen molar-refractivity contribution in [3.8, 4) is 0 Å². The molecule has 108 valence electrons. The topological polar surface area (TPSA) is 66.4 Å². The van der Waals surface area contributed by atoms with Gasteiger partial charge in [-0.15, -0.1) is 0 Å². The Morgan fingerprint density at radius 1 is 1.10 bits per heavy atom. The Hall–Kier alpha value is -2.69. The maximum atomic E-state index is 13.9. The van der Waals surface area contributed by atoms with Crippen LogP contribution < -0.4 is 5.32 Å². The lowest BCUT2D eigenvalue weighted by molar-refractivity contribution is -0.139. The standard InChI is InChI=1S/C16H14FNO3/c1-10-6-5-9-12(13(10)17)15(19)18-14(16(20)21)11-7-3-2-4-8-11/h2-9,14H,1H3,(H,18,19)(H,20,21)/t14-/m0/s1. The number of carboxylic acid groups (broad SMARTS) is 1. The third kappa shape index (κ3) is 3.25. The van der Waals surface area contributed by atoms with Crippen LogP contribution >= 0.6 is 0 Å². The molecular weight excluding hydrogens is 273 g/mol. The molecule has 0 unspecified atom stereocenters. The predicted molar refractivity (Wildman–Crippen MR) is 75.4 cm³/mol. The van der Waals surface area contributed by atoms with Crippen LogP contribution in [-0.2, 0) is 4.79 Å². The molecule has 0 aliphatic carbocycles. The van der Waals surface area contributed by atoms with Crippen LogP contribution in [0.1, 0.15) is 27.5 Å². The average Bonchev–Trinajstić information content (AvgIpc) is 2.48. The first-order valence-corrected chi connectivity index (χ1v) is 6.34. The van der Waals surface area contributed by atoms with Gasteiger partial charge in [-0.1, -0.05) is 42.5 Å². The maximum absolute atomic E-state index is 13.9. The number of carbonyl (C=O) groups is 2. The number of amides is 1. The Morgan fingerprint density at radius 2 is 1.76 bits per heavy atom. The van der Waals surface area contributed by atoms with E-state index in [9.17, 15) is 19.1 Å². The molecule has 21 heavy (non-hydrogen) atoms. The van der Waals surface area contributed by atoms with E-state index in [1.807, 2.05) is 0 Å². The molecular formula is C16H14FNO3. The Morgan fingerprint density at radius 3 is 2.38 bits per heavy atom. The number of benzene rings is 2. The molecule has 0 radical (unpaired) electrons. The zero-order valence-electron chi connectivity index (χ0n) is 11.3. The Kier molecular flexibility index (Phi) is 4.33. The van der Waals surface area contributed by atoms with E-state index in [0.29, 0.717) is 11.1 Å². The zero-order chi connectivity index (χ0) is 15.4. The number of hydrogen-bond acceptors (Lipinski definition) is 2. The molecule has 2 aromatic rings. The van der Waals surface area contributed by atoms with E-state index in [0.717, 1.165) is 0 Å². The number of nitrogens with one attached hydrogen (secondary N) is 1. The Bertz CT molecular complexity index is 670. The van der Waals surface area contributed by atoms with Crippen molar-refractivity contribution in [3.63, 3.8) is 0 Å². The van der Waals surface area contributed by atoms with Crippen molar-refractivity contribution >= 4 is 11.9 Å². The largest absolute Gasteiger partial charge is 0.479 e. The minimum atomic E-state index is -1.22. The van der Waals surface area contributed by atoms with Crippen LogP contribution in [-0.4, -0.2) is 17.0 Å². The number of halogens is 1. The van der Waals surface area contributed by atoms with E-state index in [4.69, 9.17) is 0 Å². The molecule has 1 amide bonds. The van der Waals surface area contributed by atoms with Crippen LogP contribution in [0.5, 0.6) is 0 Å². The van der Waals surface area contributed by atoms with Gasteiger partial charge >= 0.3 is 5.97 Å². The van der Waals surface area contributed by atoms with Crippen LogP contribution in [0, 0.1) is 12.7 Å². The summed E-state index contributed by atoms with van der Waals surface area (Å²) < 4.78 is 13.9. The van der Waals surface area contributed by atoms with Crippen LogP contribution in [0.2, 0.25) is 0 Å². The average molecular weight is 287 g/mol. The third-order valence-corrected chi connectivity index (χ3v) is 3.09. The molecule has 0 heterocycles. The molecule has 2 rings (SSSR count). The van der Waals surface area contributed by atoms with Gasteiger partial charge < -0.3 is 10.4 Å². The first-order chi connectivity index (χ1) is 10.0. The van der Waals surface area contributed by atoms with Gasteiger partial charge in [0.2, 0.25) is 0 Å². The second kappa shape index (κ2) is 6.17. The second-order valence-electron chi connectivity index (χ2n) is 4.59. The summed E-state index contributed by atoms with van der Waals surface area (Å²) >= 11 is 0. The molecule has 0 bridgehead atoms. The smallest absolute Gasteiger partial charge is 0.330 e. The molecule has 0 spiro atoms. The highest BCUT2D eigenvalue weighted by atomic mass is 19.1. The zero-order valence-corrected chi connectivity index (χ0v) is 11.3. The number of rotatable bonds is 4. The highest BCUT2D eigenvalue weighted by Crippen LogP contribution is 2.16. The molecule has 4 nitrogen and oxygen atoms in total. The van der Waals surface area contributed by atoms with Crippen molar-refractivity contribution < 1.29 is 19.1 Å². The summed E-state index contributed by atoms with van der Waals surface area (Å²) in [5.74, 6) is -2.61. The van der Waals surface area contributed by atoms with Gasteiger partial charge in [0.05, 0.1) is 5.56 Å². The molecule has 0 aromatic heterocycles. The highest BCUT2D eigenvalue weighted by molar-refractivity contribution is 5.97. The van der Waals surface area contributed by atoms with Crippen molar-refractivity contribution in [2.24, 2.45) is 0 Å². The van der Waals surface area contributed by atoms with Gasteiger partial charge in [-0.05, 0) is 24.1 Å². The SMILES string of the molecule is Cc1cccc(C(=O)N[C@H](C(=O)O)c2ccccc2)c1F. The number of aliphatic carboxylic acids is 1. The minimum absolute atomic E-state index is 0.169. The number of carboxylic acids is 1. The van der Waals surface area contributed by atoms with Gasteiger partial charge in [-0.3, -0.25) is 4.79 Å². The van der Waals surface area contributed by atoms with Gasteiger partial charge in [0.1, 0.15) is 5.82 Å². The normalized spacial score (nSPS) is 11.7. The first kappa shape index (κ1) is 14.7. The fourth-order valence-electron chi connectivity index (χ4n) is 1.96. The second-order valence-corrected chi connectivity index (χ2v) is 4.59. The summed E-state index contributed by atoms with van der Waals surface area (Å²) in [5, 5.41) is 11.6. The number of aryl methyl sites for hydroxylation is 1. The van der Waals surface area contributed by atoms with E-state index in [1.165, 1.54) is 19.1 Å². The molecule has 0 saturated carbocycles. The van der Waals surface area contributed by atoms with E-state index >= 15 is 0 Å². The maximum Gasteiger partial charge on any atom is 0.330 e. The van der Waals surface area contributed by atoms with Gasteiger partial charge in [-0.2, -0.15) is 0 Å². The first-order valence-electron chi connectivity index (χ1n) is 6.34. The van der Waals surface area contributed by atoms with E-state index in [-0.39, 0.29) is 5.56 Å².